The zero-order valence-corrected chi connectivity index (χ0v) is 25.8. The Morgan fingerprint density at radius 3 is 2.49 bits per heavy atom. The molecule has 3 fully saturated rings. The zero-order chi connectivity index (χ0) is 32.2. The van der Waals surface area contributed by atoms with Gasteiger partial charge in [0.15, 0.2) is 0 Å². The van der Waals surface area contributed by atoms with Gasteiger partial charge in [-0.05, 0) is 48.7 Å². The summed E-state index contributed by atoms with van der Waals surface area (Å²) in [5.74, 6) is 1.92. The van der Waals surface area contributed by atoms with Gasteiger partial charge in [0.25, 0.3) is 0 Å². The summed E-state index contributed by atoms with van der Waals surface area (Å²) in [4.78, 5) is 29.9. The highest BCUT2D eigenvalue weighted by atomic mass is 19.4. The highest BCUT2D eigenvalue weighted by molar-refractivity contribution is 5.87. The monoisotopic (exact) mass is 623 g/mol. The first-order chi connectivity index (χ1) is 21.5. The van der Waals surface area contributed by atoms with Crippen molar-refractivity contribution in [1.29, 1.82) is 0 Å². The fourth-order valence-corrected chi connectivity index (χ4v) is 6.32. The summed E-state index contributed by atoms with van der Waals surface area (Å²) in [7, 11) is 3.65. The van der Waals surface area contributed by atoms with E-state index >= 15 is 0 Å². The van der Waals surface area contributed by atoms with Gasteiger partial charge in [0, 0.05) is 70.2 Å². The molecular formula is C33H40F3N7O2. The Morgan fingerprint density at radius 2 is 1.91 bits per heavy atom. The van der Waals surface area contributed by atoms with Crippen LogP contribution >= 0.6 is 0 Å². The van der Waals surface area contributed by atoms with E-state index in [1.165, 1.54) is 37.7 Å². The minimum atomic E-state index is -4.63. The van der Waals surface area contributed by atoms with Gasteiger partial charge in [-0.15, -0.1) is 10.2 Å². The molecule has 1 spiro atoms. The number of hydrogen-bond acceptors (Lipinski definition) is 6. The van der Waals surface area contributed by atoms with Crippen molar-refractivity contribution in [3.05, 3.63) is 90.5 Å². The van der Waals surface area contributed by atoms with Crippen LogP contribution in [0.25, 0.3) is 0 Å². The Labute approximate surface area is 262 Å². The molecule has 0 atom stereocenters. The molecule has 3 aliphatic heterocycles. The van der Waals surface area contributed by atoms with Crippen LogP contribution in [0.5, 0.6) is 0 Å². The third kappa shape index (κ3) is 7.55. The number of rotatable bonds is 8. The molecule has 1 saturated carbocycles. The minimum absolute atomic E-state index is 0.0156. The summed E-state index contributed by atoms with van der Waals surface area (Å²) in [6, 6.07) is 8.95. The lowest BCUT2D eigenvalue weighted by atomic mass is 9.79. The third-order valence-electron chi connectivity index (χ3n) is 9.05. The van der Waals surface area contributed by atoms with Gasteiger partial charge in [-0.3, -0.25) is 19.4 Å². The van der Waals surface area contributed by atoms with Crippen LogP contribution < -0.4 is 4.90 Å². The van der Waals surface area contributed by atoms with E-state index in [9.17, 15) is 22.8 Å². The maximum Gasteiger partial charge on any atom is 0.418 e. The predicted octanol–water partition coefficient (Wildman–Crippen LogP) is 4.69. The molecule has 4 aliphatic rings. The Kier molecular flexibility index (Phi) is 9.62. The number of allylic oxidation sites excluding steroid dienone is 1. The number of aromatic nitrogens is 3. The zero-order valence-electron chi connectivity index (χ0n) is 25.8. The van der Waals surface area contributed by atoms with E-state index < -0.39 is 11.7 Å². The van der Waals surface area contributed by atoms with Crippen molar-refractivity contribution in [2.75, 3.05) is 44.7 Å². The second-order valence-electron chi connectivity index (χ2n) is 12.5. The Hall–Kier alpha value is -4.19. The average Bonchev–Trinajstić information content (AvgIpc) is 3.60. The van der Waals surface area contributed by atoms with Gasteiger partial charge in [-0.25, -0.2) is 0 Å². The Bertz CT molecular complexity index is 1470. The average molecular weight is 624 g/mol. The standard InChI is InChI=1S/C25H27F3N4O2.C8H13N3/c1-3-23(34)32-16-24(17-32)9-10-30(15-24)12-19-11-21(25(26,27)28)22(31(13-19)18-33)14-29(2)20-7-5-4-6-8-20;1-11-6-9-10-8(11)5-7-3-2-4-7/h3-8,11,13-14,18H,1,9-10,12,15-17H2,2H3;6-7H,2-5H2,1H3/b22-14-;. The molecule has 12 heteroatoms. The molecule has 2 saturated heterocycles. The van der Waals surface area contributed by atoms with Gasteiger partial charge >= 0.3 is 6.18 Å². The van der Waals surface area contributed by atoms with Crippen LogP contribution in [0.15, 0.2) is 84.6 Å². The van der Waals surface area contributed by atoms with Gasteiger partial charge in [0.1, 0.15) is 12.2 Å². The van der Waals surface area contributed by atoms with E-state index in [4.69, 9.17) is 0 Å². The fraction of sp³-hybridized carbons (Fsp3) is 0.455. The van der Waals surface area contributed by atoms with Gasteiger partial charge in [-0.1, -0.05) is 44.0 Å². The van der Waals surface area contributed by atoms with Crippen molar-refractivity contribution in [3.63, 3.8) is 0 Å². The number of para-hydroxylation sites is 1. The molecule has 1 aromatic heterocycles. The first kappa shape index (κ1) is 32.2. The molecule has 0 N–H and O–H groups in total. The number of carbonyl (C=O) groups excluding carboxylic acids is 2. The minimum Gasteiger partial charge on any atom is -0.349 e. The van der Waals surface area contributed by atoms with E-state index in [0.29, 0.717) is 43.8 Å². The lowest BCUT2D eigenvalue weighted by Gasteiger charge is -2.47. The smallest absolute Gasteiger partial charge is 0.349 e. The molecule has 45 heavy (non-hydrogen) atoms. The Morgan fingerprint density at radius 1 is 1.18 bits per heavy atom. The number of halogens is 3. The third-order valence-corrected chi connectivity index (χ3v) is 9.05. The highest BCUT2D eigenvalue weighted by Gasteiger charge is 2.49. The van der Waals surface area contributed by atoms with E-state index in [-0.39, 0.29) is 17.0 Å². The number of alkyl halides is 3. The van der Waals surface area contributed by atoms with E-state index in [2.05, 4.69) is 21.7 Å². The second-order valence-corrected chi connectivity index (χ2v) is 12.5. The first-order valence-electron chi connectivity index (χ1n) is 15.2. The number of aryl methyl sites for hydroxylation is 1. The van der Waals surface area contributed by atoms with Crippen LogP contribution in [-0.2, 0) is 23.1 Å². The lowest BCUT2D eigenvalue weighted by Crippen LogP contribution is -2.59. The number of likely N-dealkylation sites (tertiary alicyclic amines) is 2. The molecule has 1 aromatic carbocycles. The lowest BCUT2D eigenvalue weighted by molar-refractivity contribution is -0.137. The summed E-state index contributed by atoms with van der Waals surface area (Å²) in [6.07, 6.45) is 8.92. The van der Waals surface area contributed by atoms with Crippen LogP contribution in [-0.4, -0.2) is 87.7 Å². The molecule has 240 valence electrons. The molecule has 2 aromatic rings. The summed E-state index contributed by atoms with van der Waals surface area (Å²) < 4.78 is 44.1. The van der Waals surface area contributed by atoms with Crippen LogP contribution in [0, 0.1) is 11.3 Å². The quantitative estimate of drug-likeness (QED) is 0.314. The molecule has 9 nitrogen and oxygen atoms in total. The summed E-state index contributed by atoms with van der Waals surface area (Å²) in [5, 5.41) is 7.90. The molecular weight excluding hydrogens is 583 g/mol. The van der Waals surface area contributed by atoms with Crippen molar-refractivity contribution in [2.24, 2.45) is 18.4 Å². The first-order valence-corrected chi connectivity index (χ1v) is 15.2. The number of nitrogens with zero attached hydrogens (tertiary/aromatic N) is 7. The maximum atomic E-state index is 14.0. The number of benzene rings is 1. The summed E-state index contributed by atoms with van der Waals surface area (Å²) in [5.41, 5.74) is 0.00439. The molecule has 6 rings (SSSR count). The predicted molar refractivity (Wildman–Crippen MR) is 165 cm³/mol. The topological polar surface area (TPSA) is 77.8 Å². The van der Waals surface area contributed by atoms with E-state index in [1.807, 2.05) is 17.7 Å². The number of hydrogen-bond donors (Lipinski definition) is 0. The highest BCUT2D eigenvalue weighted by Crippen LogP contribution is 2.41. The van der Waals surface area contributed by atoms with Gasteiger partial charge < -0.3 is 14.4 Å². The molecule has 0 radical (unpaired) electrons. The van der Waals surface area contributed by atoms with Crippen molar-refractivity contribution in [2.45, 2.75) is 38.3 Å². The van der Waals surface area contributed by atoms with Crippen LogP contribution in [0.3, 0.4) is 0 Å². The van der Waals surface area contributed by atoms with Crippen LogP contribution in [0.2, 0.25) is 0 Å². The van der Waals surface area contributed by atoms with Crippen LogP contribution in [0.1, 0.15) is 31.5 Å². The number of carbonyl (C=O) groups is 2. The molecule has 2 amide bonds. The van der Waals surface area contributed by atoms with Crippen molar-refractivity contribution < 1.29 is 22.8 Å². The fourth-order valence-electron chi connectivity index (χ4n) is 6.32. The van der Waals surface area contributed by atoms with Gasteiger partial charge in [0.05, 0.1) is 11.3 Å². The molecule has 4 heterocycles. The largest absolute Gasteiger partial charge is 0.418 e. The number of anilines is 1. The van der Waals surface area contributed by atoms with Gasteiger partial charge in [-0.2, -0.15) is 13.2 Å². The van der Waals surface area contributed by atoms with Crippen LogP contribution in [0.4, 0.5) is 18.9 Å². The summed E-state index contributed by atoms with van der Waals surface area (Å²) in [6.45, 7) is 6.49. The maximum absolute atomic E-state index is 14.0. The van der Waals surface area contributed by atoms with Crippen molar-refractivity contribution >= 4 is 18.0 Å². The summed E-state index contributed by atoms with van der Waals surface area (Å²) >= 11 is 0. The Balaban J connectivity index is 0.000000304. The second kappa shape index (κ2) is 13.4. The molecule has 0 unspecified atom stereocenters. The van der Waals surface area contributed by atoms with Crippen molar-refractivity contribution in [3.8, 4) is 0 Å². The van der Waals surface area contributed by atoms with Crippen molar-refractivity contribution in [1.82, 2.24) is 29.5 Å². The van der Waals surface area contributed by atoms with Gasteiger partial charge in [0.2, 0.25) is 12.3 Å². The molecule has 0 bridgehead atoms. The van der Waals surface area contributed by atoms with E-state index in [0.717, 1.165) is 42.1 Å². The molecule has 1 aliphatic carbocycles. The number of amides is 2. The van der Waals surface area contributed by atoms with E-state index in [1.54, 1.807) is 47.4 Å². The normalized spacial score (nSPS) is 20.5. The SMILES string of the molecule is C=CC(=O)N1CC2(CCN(CC3=CN(C=O)/C(=C\N(C)c4ccccc4)C(C(F)(F)F)=C3)C2)C1.Cn1cnnc1CC1CCC1.